The lowest BCUT2D eigenvalue weighted by Gasteiger charge is -2.48. The largest absolute Gasteiger partial charge is 0.481 e. The Balaban J connectivity index is 1.72. The Morgan fingerprint density at radius 3 is 2.55 bits per heavy atom. The summed E-state index contributed by atoms with van der Waals surface area (Å²) in [4.78, 5) is 36.3. The number of carboxylic acid groups (broad SMARTS) is 1. The van der Waals surface area contributed by atoms with Crippen molar-refractivity contribution in [1.29, 1.82) is 0 Å². The van der Waals surface area contributed by atoms with Crippen LogP contribution < -0.4 is 0 Å². The molecule has 3 fully saturated rings. The number of aliphatic hydroxyl groups is 1. The molecule has 0 bridgehead atoms. The maximum Gasteiger partial charge on any atom is 0.311 e. The van der Waals surface area contributed by atoms with Crippen molar-refractivity contribution in [1.82, 2.24) is 0 Å². The first-order valence-corrected chi connectivity index (χ1v) is 11.9. The highest BCUT2D eigenvalue weighted by molar-refractivity contribution is 5.76. The van der Waals surface area contributed by atoms with Crippen LogP contribution in [-0.2, 0) is 23.9 Å². The van der Waals surface area contributed by atoms with Gasteiger partial charge in [0.25, 0.3) is 0 Å². The van der Waals surface area contributed by atoms with E-state index in [9.17, 15) is 24.6 Å². The lowest BCUT2D eigenvalue weighted by Crippen LogP contribution is -2.48. The minimum atomic E-state index is -0.806. The van der Waals surface area contributed by atoms with Gasteiger partial charge in [0, 0.05) is 12.3 Å². The van der Waals surface area contributed by atoms with Gasteiger partial charge in [-0.25, -0.2) is 0 Å². The Morgan fingerprint density at radius 1 is 1.16 bits per heavy atom. The van der Waals surface area contributed by atoms with Crippen LogP contribution in [0.5, 0.6) is 0 Å². The number of aliphatic hydroxyl groups excluding tert-OH is 1. The van der Waals surface area contributed by atoms with Gasteiger partial charge >= 0.3 is 17.9 Å². The summed E-state index contributed by atoms with van der Waals surface area (Å²) in [5.74, 6) is -1.20. The summed E-state index contributed by atoms with van der Waals surface area (Å²) in [5.41, 5.74) is -0.595. The van der Waals surface area contributed by atoms with Gasteiger partial charge in [0.15, 0.2) is 0 Å². The third kappa shape index (κ3) is 5.79. The molecule has 2 saturated carbocycles. The fourth-order valence-corrected chi connectivity index (χ4v) is 5.74. The Labute approximate surface area is 184 Å². The topological polar surface area (TPSA) is 110 Å². The van der Waals surface area contributed by atoms with Crippen molar-refractivity contribution >= 4 is 17.9 Å². The van der Waals surface area contributed by atoms with E-state index in [1.165, 1.54) is 0 Å². The number of cyclic esters (lactones) is 1. The van der Waals surface area contributed by atoms with Gasteiger partial charge in [-0.15, -0.1) is 0 Å². The summed E-state index contributed by atoms with van der Waals surface area (Å²) in [6.07, 6.45) is 5.42. The summed E-state index contributed by atoms with van der Waals surface area (Å²) >= 11 is 0. The van der Waals surface area contributed by atoms with Crippen LogP contribution in [0.2, 0.25) is 0 Å². The molecule has 2 aliphatic carbocycles. The van der Waals surface area contributed by atoms with Gasteiger partial charge in [-0.2, -0.15) is 0 Å². The van der Waals surface area contributed by atoms with Gasteiger partial charge in [0.2, 0.25) is 0 Å². The highest BCUT2D eigenvalue weighted by Crippen LogP contribution is 2.49. The third-order valence-electron chi connectivity index (χ3n) is 7.91. The molecule has 0 aromatic carbocycles. The van der Waals surface area contributed by atoms with E-state index >= 15 is 0 Å². The fraction of sp³-hybridized carbons (Fsp3) is 0.875. The molecular weight excluding hydrogens is 400 g/mol. The zero-order valence-corrected chi connectivity index (χ0v) is 19.0. The number of carbonyl (C=O) groups is 3. The molecule has 7 nitrogen and oxygen atoms in total. The highest BCUT2D eigenvalue weighted by Gasteiger charge is 2.48. The van der Waals surface area contributed by atoms with E-state index in [0.29, 0.717) is 38.0 Å². The number of aliphatic carboxylic acids is 1. The number of rotatable bonds is 7. The van der Waals surface area contributed by atoms with Crippen LogP contribution in [-0.4, -0.2) is 46.4 Å². The first-order valence-electron chi connectivity index (χ1n) is 11.9. The second-order valence-electron chi connectivity index (χ2n) is 10.5. The van der Waals surface area contributed by atoms with Crippen LogP contribution >= 0.6 is 0 Å². The van der Waals surface area contributed by atoms with E-state index in [1.54, 1.807) is 0 Å². The van der Waals surface area contributed by atoms with Gasteiger partial charge in [0.1, 0.15) is 12.2 Å². The fourth-order valence-electron chi connectivity index (χ4n) is 5.74. The molecule has 7 atom stereocenters. The molecule has 1 aliphatic heterocycles. The van der Waals surface area contributed by atoms with Crippen molar-refractivity contribution in [3.8, 4) is 0 Å². The maximum atomic E-state index is 12.8. The quantitative estimate of drug-likeness (QED) is 0.583. The smallest absolute Gasteiger partial charge is 0.311 e. The van der Waals surface area contributed by atoms with Gasteiger partial charge in [0.05, 0.1) is 23.9 Å². The molecule has 7 heteroatoms. The lowest BCUT2D eigenvalue weighted by molar-refractivity contribution is -0.176. The van der Waals surface area contributed by atoms with Crippen molar-refractivity contribution in [3.05, 3.63) is 0 Å². The van der Waals surface area contributed by atoms with Crippen LogP contribution in [0.1, 0.15) is 85.0 Å². The Morgan fingerprint density at radius 2 is 1.90 bits per heavy atom. The molecule has 0 aromatic rings. The van der Waals surface area contributed by atoms with Crippen LogP contribution in [0.4, 0.5) is 0 Å². The number of hydrogen-bond acceptors (Lipinski definition) is 6. The SMILES string of the molecule is CCC(C)(C)C(=O)O[C@H]1C[C@@H](C(=O)O)C[C@@H]2CCC[C@@H](CC[C@@H]3C[C@@H](O)CC(=O)O3)[C@@H]21. The Hall–Kier alpha value is -1.63. The van der Waals surface area contributed by atoms with Crippen molar-refractivity contribution in [3.63, 3.8) is 0 Å². The molecule has 1 heterocycles. The summed E-state index contributed by atoms with van der Waals surface area (Å²) in [7, 11) is 0. The minimum absolute atomic E-state index is 0.0619. The number of ether oxygens (including phenoxy) is 2. The maximum absolute atomic E-state index is 12.8. The molecule has 3 aliphatic rings. The van der Waals surface area contributed by atoms with Crippen molar-refractivity contribution in [2.45, 2.75) is 103 Å². The van der Waals surface area contributed by atoms with Crippen LogP contribution in [0.15, 0.2) is 0 Å². The molecule has 3 rings (SSSR count). The third-order valence-corrected chi connectivity index (χ3v) is 7.91. The zero-order chi connectivity index (χ0) is 22.8. The zero-order valence-electron chi connectivity index (χ0n) is 19.0. The normalized spacial score (nSPS) is 36.3. The Kier molecular flexibility index (Phi) is 7.66. The number of hydrogen-bond donors (Lipinski definition) is 2. The van der Waals surface area contributed by atoms with Crippen LogP contribution in [0, 0.1) is 29.1 Å². The highest BCUT2D eigenvalue weighted by atomic mass is 16.6. The molecule has 1 saturated heterocycles. The van der Waals surface area contributed by atoms with Gasteiger partial charge in [-0.1, -0.05) is 19.8 Å². The van der Waals surface area contributed by atoms with E-state index < -0.39 is 23.4 Å². The van der Waals surface area contributed by atoms with Crippen LogP contribution in [0.25, 0.3) is 0 Å². The summed E-state index contributed by atoms with van der Waals surface area (Å²) in [6.45, 7) is 5.69. The molecular formula is C24H38O7. The standard InChI is InChI=1S/C24H38O7/c1-4-24(2,3)23(29)31-19-11-16(22(27)28)10-15-7-5-6-14(21(15)19)8-9-18-12-17(25)13-20(26)30-18/h14-19,21,25H,4-13H2,1-3H3,(H,27,28)/t14-,15-,16-,17+,18+,19-,21-/m0/s1. The van der Waals surface area contributed by atoms with E-state index in [4.69, 9.17) is 9.47 Å². The monoisotopic (exact) mass is 438 g/mol. The summed E-state index contributed by atoms with van der Waals surface area (Å²) in [6, 6.07) is 0. The summed E-state index contributed by atoms with van der Waals surface area (Å²) in [5, 5.41) is 19.5. The van der Waals surface area contributed by atoms with E-state index in [0.717, 1.165) is 25.7 Å². The number of esters is 2. The second kappa shape index (κ2) is 9.88. The molecule has 0 aromatic heterocycles. The first kappa shape index (κ1) is 24.0. The number of carboxylic acids is 1. The predicted octanol–water partition coefficient (Wildman–Crippen LogP) is 3.71. The molecule has 2 N–H and O–H groups in total. The first-order chi connectivity index (χ1) is 14.6. The number of fused-ring (bicyclic) bond motifs is 1. The Bertz CT molecular complexity index is 673. The van der Waals surface area contributed by atoms with Gasteiger partial charge in [-0.05, 0) is 64.2 Å². The number of carbonyl (C=O) groups excluding carboxylic acids is 2. The molecule has 31 heavy (non-hydrogen) atoms. The second-order valence-corrected chi connectivity index (χ2v) is 10.5. The van der Waals surface area contributed by atoms with E-state index in [2.05, 4.69) is 0 Å². The van der Waals surface area contributed by atoms with E-state index in [1.807, 2.05) is 20.8 Å². The van der Waals surface area contributed by atoms with Crippen molar-refractivity contribution < 1.29 is 34.1 Å². The minimum Gasteiger partial charge on any atom is -0.481 e. The molecule has 0 radical (unpaired) electrons. The van der Waals surface area contributed by atoms with Crippen molar-refractivity contribution in [2.75, 3.05) is 0 Å². The van der Waals surface area contributed by atoms with E-state index in [-0.39, 0.29) is 42.4 Å². The lowest BCUT2D eigenvalue weighted by atomic mass is 9.60. The summed E-state index contributed by atoms with van der Waals surface area (Å²) < 4.78 is 11.4. The van der Waals surface area contributed by atoms with Gasteiger partial charge in [-0.3, -0.25) is 14.4 Å². The predicted molar refractivity (Wildman–Crippen MR) is 113 cm³/mol. The molecule has 0 amide bonds. The van der Waals surface area contributed by atoms with Crippen molar-refractivity contribution in [2.24, 2.45) is 29.1 Å². The average molecular weight is 439 g/mol. The van der Waals surface area contributed by atoms with Crippen LogP contribution in [0.3, 0.4) is 0 Å². The average Bonchev–Trinajstić information content (AvgIpc) is 2.71. The van der Waals surface area contributed by atoms with Gasteiger partial charge < -0.3 is 19.7 Å². The molecule has 176 valence electrons. The molecule has 0 spiro atoms. The molecule has 0 unspecified atom stereocenters.